The number of aryl methyl sites for hydroxylation is 2. The molecule has 0 bridgehead atoms. The number of aromatic amines is 1. The molecule has 3 aromatic rings. The van der Waals surface area contributed by atoms with Crippen molar-refractivity contribution in [3.05, 3.63) is 64.5 Å². The number of hydrogen-bond acceptors (Lipinski definition) is 3. The topological polar surface area (TPSA) is 55.0 Å². The number of nitrogens with one attached hydrogen (secondary N) is 1. The molecule has 0 saturated heterocycles. The van der Waals surface area contributed by atoms with E-state index in [0.717, 1.165) is 11.1 Å². The summed E-state index contributed by atoms with van der Waals surface area (Å²) in [5.74, 6) is 0.324. The van der Waals surface area contributed by atoms with Crippen LogP contribution in [0.15, 0.2) is 36.4 Å². The van der Waals surface area contributed by atoms with Gasteiger partial charge in [-0.1, -0.05) is 35.9 Å². The van der Waals surface area contributed by atoms with Gasteiger partial charge in [0.1, 0.15) is 11.3 Å². The predicted octanol–water partition coefficient (Wildman–Crippen LogP) is 4.14. The summed E-state index contributed by atoms with van der Waals surface area (Å²) in [7, 11) is 1.37. The summed E-state index contributed by atoms with van der Waals surface area (Å²) < 4.78 is 4.80. The van der Waals surface area contributed by atoms with E-state index in [-0.39, 0.29) is 5.97 Å². The molecule has 0 radical (unpaired) electrons. The van der Waals surface area contributed by atoms with Crippen molar-refractivity contribution in [3.63, 3.8) is 0 Å². The molecule has 0 fully saturated rings. The van der Waals surface area contributed by atoms with Crippen LogP contribution in [0, 0.1) is 13.8 Å². The van der Waals surface area contributed by atoms with E-state index < -0.39 is 0 Å². The molecule has 1 aromatic heterocycles. The first kappa shape index (κ1) is 15.0. The van der Waals surface area contributed by atoms with Crippen LogP contribution in [0.3, 0.4) is 0 Å². The summed E-state index contributed by atoms with van der Waals surface area (Å²) in [5.41, 5.74) is 5.48. The van der Waals surface area contributed by atoms with Crippen molar-refractivity contribution in [1.29, 1.82) is 0 Å². The summed E-state index contributed by atoms with van der Waals surface area (Å²) in [6.45, 7) is 4.15. The van der Waals surface area contributed by atoms with Crippen LogP contribution in [-0.4, -0.2) is 23.0 Å². The summed E-state index contributed by atoms with van der Waals surface area (Å²) >= 11 is 0. The van der Waals surface area contributed by atoms with E-state index in [9.17, 15) is 4.79 Å². The molecule has 3 rings (SSSR count). The van der Waals surface area contributed by atoms with E-state index in [4.69, 9.17) is 4.74 Å². The second-order valence-corrected chi connectivity index (χ2v) is 5.51. The van der Waals surface area contributed by atoms with Gasteiger partial charge in [-0.25, -0.2) is 9.78 Å². The number of imidazole rings is 1. The molecule has 4 heteroatoms. The number of carbonyl (C=O) groups excluding carboxylic acids is 1. The number of ether oxygens (including phenoxy) is 1. The molecular formula is C19H18N2O2. The highest BCUT2D eigenvalue weighted by molar-refractivity contribution is 6.02. The molecule has 0 aliphatic heterocycles. The van der Waals surface area contributed by atoms with Gasteiger partial charge in [0.05, 0.1) is 18.2 Å². The number of methoxy groups -OCH3 is 1. The molecule has 0 aliphatic rings. The molecule has 23 heavy (non-hydrogen) atoms. The van der Waals surface area contributed by atoms with Gasteiger partial charge in [-0.15, -0.1) is 0 Å². The lowest BCUT2D eigenvalue weighted by molar-refractivity contribution is 0.0603. The molecule has 1 N–H and O–H groups in total. The minimum absolute atomic E-state index is 0.382. The van der Waals surface area contributed by atoms with E-state index in [1.165, 1.54) is 18.2 Å². The molecule has 0 aliphatic carbocycles. The SMILES string of the molecule is COC(=O)c1cccc2[nH]c(/C=C/c3cc(C)ccc3C)nc12. The molecular weight excluding hydrogens is 288 g/mol. The molecule has 0 unspecified atom stereocenters. The molecule has 0 atom stereocenters. The maximum atomic E-state index is 11.8. The maximum Gasteiger partial charge on any atom is 0.340 e. The minimum Gasteiger partial charge on any atom is -0.465 e. The van der Waals surface area contributed by atoms with Crippen molar-refractivity contribution >= 4 is 29.2 Å². The number of nitrogens with zero attached hydrogens (tertiary/aromatic N) is 1. The average Bonchev–Trinajstić information content (AvgIpc) is 2.97. The number of hydrogen-bond donors (Lipinski definition) is 1. The van der Waals surface area contributed by atoms with Gasteiger partial charge in [0, 0.05) is 0 Å². The first-order valence-electron chi connectivity index (χ1n) is 7.41. The van der Waals surface area contributed by atoms with Crippen LogP contribution in [0.25, 0.3) is 23.2 Å². The Bertz CT molecular complexity index is 907. The quantitative estimate of drug-likeness (QED) is 0.740. The number of para-hydroxylation sites is 1. The lowest BCUT2D eigenvalue weighted by Gasteiger charge is -2.01. The Balaban J connectivity index is 1.99. The van der Waals surface area contributed by atoms with Crippen molar-refractivity contribution in [1.82, 2.24) is 9.97 Å². The maximum absolute atomic E-state index is 11.8. The van der Waals surface area contributed by atoms with Crippen LogP contribution in [0.5, 0.6) is 0 Å². The number of carbonyl (C=O) groups is 1. The second-order valence-electron chi connectivity index (χ2n) is 5.51. The Morgan fingerprint density at radius 1 is 1.17 bits per heavy atom. The first-order valence-corrected chi connectivity index (χ1v) is 7.41. The minimum atomic E-state index is -0.382. The highest BCUT2D eigenvalue weighted by Gasteiger charge is 2.12. The fraction of sp³-hybridized carbons (Fsp3) is 0.158. The van der Waals surface area contributed by atoms with Crippen LogP contribution in [0.4, 0.5) is 0 Å². The molecule has 2 aromatic carbocycles. The van der Waals surface area contributed by atoms with Crippen molar-refractivity contribution in [2.45, 2.75) is 13.8 Å². The van der Waals surface area contributed by atoms with Crippen LogP contribution >= 0.6 is 0 Å². The lowest BCUT2D eigenvalue weighted by Crippen LogP contribution is -2.01. The van der Waals surface area contributed by atoms with Gasteiger partial charge in [-0.2, -0.15) is 0 Å². The third-order valence-electron chi connectivity index (χ3n) is 3.79. The van der Waals surface area contributed by atoms with Gasteiger partial charge in [-0.05, 0) is 43.2 Å². The lowest BCUT2D eigenvalue weighted by atomic mass is 10.1. The zero-order valence-electron chi connectivity index (χ0n) is 13.4. The second kappa shape index (κ2) is 6.08. The molecule has 1 heterocycles. The fourth-order valence-corrected chi connectivity index (χ4v) is 2.51. The zero-order valence-corrected chi connectivity index (χ0v) is 13.4. The third kappa shape index (κ3) is 3.01. The van der Waals surface area contributed by atoms with Crippen LogP contribution < -0.4 is 0 Å². The van der Waals surface area contributed by atoms with E-state index in [2.05, 4.69) is 42.0 Å². The van der Waals surface area contributed by atoms with Gasteiger partial charge in [0.2, 0.25) is 0 Å². The number of aromatic nitrogens is 2. The van der Waals surface area contributed by atoms with E-state index in [0.29, 0.717) is 16.9 Å². The predicted molar refractivity (Wildman–Crippen MR) is 92.3 cm³/mol. The fourth-order valence-electron chi connectivity index (χ4n) is 2.51. The van der Waals surface area contributed by atoms with Crippen LogP contribution in [0.2, 0.25) is 0 Å². The highest BCUT2D eigenvalue weighted by atomic mass is 16.5. The van der Waals surface area contributed by atoms with Gasteiger partial charge < -0.3 is 9.72 Å². The summed E-state index contributed by atoms with van der Waals surface area (Å²) in [4.78, 5) is 19.5. The Labute approximate surface area is 134 Å². The van der Waals surface area contributed by atoms with E-state index >= 15 is 0 Å². The average molecular weight is 306 g/mol. The summed E-state index contributed by atoms with van der Waals surface area (Å²) in [6.07, 6.45) is 3.95. The largest absolute Gasteiger partial charge is 0.465 e. The monoisotopic (exact) mass is 306 g/mol. The van der Waals surface area contributed by atoms with Crippen LogP contribution in [0.1, 0.15) is 32.9 Å². The summed E-state index contributed by atoms with van der Waals surface area (Å²) in [5, 5.41) is 0. The molecule has 116 valence electrons. The standard InChI is InChI=1S/C19H18N2O2/c1-12-7-8-13(2)14(11-12)9-10-17-20-16-6-4-5-15(18(16)21-17)19(22)23-3/h4-11H,1-3H3,(H,20,21)/b10-9+. The zero-order chi connectivity index (χ0) is 16.4. The number of benzene rings is 2. The normalized spacial score (nSPS) is 11.3. The molecule has 0 saturated carbocycles. The first-order chi connectivity index (χ1) is 11.1. The Hall–Kier alpha value is -2.88. The smallest absolute Gasteiger partial charge is 0.340 e. The molecule has 0 spiro atoms. The highest BCUT2D eigenvalue weighted by Crippen LogP contribution is 2.19. The Morgan fingerprint density at radius 3 is 2.78 bits per heavy atom. The Kier molecular flexibility index (Phi) is 3.98. The van der Waals surface area contributed by atoms with Gasteiger partial charge in [0.15, 0.2) is 0 Å². The molecule has 0 amide bonds. The van der Waals surface area contributed by atoms with Crippen LogP contribution in [-0.2, 0) is 4.74 Å². The van der Waals surface area contributed by atoms with Crippen molar-refractivity contribution in [3.8, 4) is 0 Å². The van der Waals surface area contributed by atoms with Gasteiger partial charge in [-0.3, -0.25) is 0 Å². The third-order valence-corrected chi connectivity index (χ3v) is 3.79. The van der Waals surface area contributed by atoms with Gasteiger partial charge in [0.25, 0.3) is 0 Å². The Morgan fingerprint density at radius 2 is 2.00 bits per heavy atom. The van der Waals surface area contributed by atoms with Crippen molar-refractivity contribution in [2.75, 3.05) is 7.11 Å². The number of fused-ring (bicyclic) bond motifs is 1. The van der Waals surface area contributed by atoms with Crippen molar-refractivity contribution in [2.24, 2.45) is 0 Å². The molecule has 4 nitrogen and oxygen atoms in total. The van der Waals surface area contributed by atoms with E-state index in [1.807, 2.05) is 24.3 Å². The summed E-state index contributed by atoms with van der Waals surface area (Å²) in [6, 6.07) is 11.7. The van der Waals surface area contributed by atoms with Crippen molar-refractivity contribution < 1.29 is 9.53 Å². The number of H-pyrrole nitrogens is 1. The van der Waals surface area contributed by atoms with Gasteiger partial charge >= 0.3 is 5.97 Å². The number of esters is 1. The number of rotatable bonds is 3. The van der Waals surface area contributed by atoms with E-state index in [1.54, 1.807) is 6.07 Å².